The van der Waals surface area contributed by atoms with Crippen molar-refractivity contribution >= 4 is 55.7 Å². The van der Waals surface area contributed by atoms with E-state index >= 15 is 0 Å². The maximum atomic E-state index is 13.7. The monoisotopic (exact) mass is 549 g/mol. The summed E-state index contributed by atoms with van der Waals surface area (Å²) in [6, 6.07) is 14.0. The molecule has 0 aliphatic rings. The first kappa shape index (κ1) is 25.7. The highest BCUT2D eigenvalue weighted by Crippen LogP contribution is 2.33. The fraction of sp³-hybridized carbons (Fsp3) is 0.208. The van der Waals surface area contributed by atoms with Gasteiger partial charge in [0.2, 0.25) is 0 Å². The zero-order valence-electron chi connectivity index (χ0n) is 19.0. The normalized spacial score (nSPS) is 11.5. The molecule has 0 spiro atoms. The molecule has 4 rings (SSSR count). The minimum Gasteiger partial charge on any atom is -0.464 e. The van der Waals surface area contributed by atoms with Gasteiger partial charge in [-0.1, -0.05) is 66.0 Å². The maximum Gasteiger partial charge on any atom is 0.439 e. The fourth-order valence-corrected chi connectivity index (χ4v) is 5.72. The number of aromatic nitrogens is 2. The predicted molar refractivity (Wildman–Crippen MR) is 137 cm³/mol. The Morgan fingerprint density at radius 2 is 1.86 bits per heavy atom. The van der Waals surface area contributed by atoms with Gasteiger partial charge < -0.3 is 4.74 Å². The summed E-state index contributed by atoms with van der Waals surface area (Å²) in [5, 5.41) is 5.32. The molecule has 0 saturated carbocycles. The van der Waals surface area contributed by atoms with E-state index in [1.54, 1.807) is 36.4 Å². The maximum absolute atomic E-state index is 13.7. The van der Waals surface area contributed by atoms with E-state index in [1.807, 2.05) is 6.92 Å². The van der Waals surface area contributed by atoms with Gasteiger partial charge in [-0.15, -0.1) is 0 Å². The Bertz CT molecular complexity index is 1560. The number of rotatable bonds is 9. The van der Waals surface area contributed by atoms with E-state index in [-0.39, 0.29) is 33.1 Å². The number of ether oxygens (including phenoxy) is 1. The highest BCUT2D eigenvalue weighted by atomic mass is 35.5. The number of aromatic amines is 1. The fourth-order valence-electron chi connectivity index (χ4n) is 3.59. The van der Waals surface area contributed by atoms with Crippen molar-refractivity contribution in [2.75, 3.05) is 17.5 Å². The van der Waals surface area contributed by atoms with E-state index in [0.29, 0.717) is 22.8 Å². The van der Waals surface area contributed by atoms with Gasteiger partial charge in [0.1, 0.15) is 6.54 Å². The molecule has 1 N–H and O–H groups in total. The molecule has 9 nitrogen and oxygen atoms in total. The van der Waals surface area contributed by atoms with Crippen LogP contribution in [0.3, 0.4) is 0 Å². The van der Waals surface area contributed by atoms with E-state index < -0.39 is 28.3 Å². The van der Waals surface area contributed by atoms with Gasteiger partial charge in [-0.3, -0.25) is 18.6 Å². The predicted octanol–water partition coefficient (Wildman–Crippen LogP) is 5.03. The van der Waals surface area contributed by atoms with Gasteiger partial charge in [0.15, 0.2) is 5.82 Å². The lowest BCUT2D eigenvalue weighted by molar-refractivity contribution is -0.141. The van der Waals surface area contributed by atoms with Crippen molar-refractivity contribution in [3.05, 3.63) is 75.2 Å². The molecule has 0 radical (unpaired) electrons. The Labute approximate surface area is 216 Å². The molecule has 0 bridgehead atoms. The number of nitrogens with zero attached hydrogens (tertiary/aromatic N) is 2. The molecular weight excluding hydrogens is 529 g/mol. The van der Waals surface area contributed by atoms with E-state index in [0.717, 1.165) is 10.7 Å². The first-order valence-corrected chi connectivity index (χ1v) is 13.1. The Kier molecular flexibility index (Phi) is 7.67. The van der Waals surface area contributed by atoms with Crippen molar-refractivity contribution in [1.82, 2.24) is 10.1 Å². The molecule has 0 saturated heterocycles. The number of benzene rings is 3. The zero-order valence-corrected chi connectivity index (χ0v) is 21.4. The van der Waals surface area contributed by atoms with Crippen LogP contribution in [0.1, 0.15) is 19.8 Å². The molecule has 0 atom stereocenters. The summed E-state index contributed by atoms with van der Waals surface area (Å²) in [7, 11) is -4.26. The number of fused-ring (bicyclic) bond motifs is 1. The third-order valence-electron chi connectivity index (χ3n) is 5.31. The van der Waals surface area contributed by atoms with Crippen LogP contribution in [0.4, 0.5) is 5.69 Å². The summed E-state index contributed by atoms with van der Waals surface area (Å²) >= 11 is 12.1. The molecule has 0 unspecified atom stereocenters. The highest BCUT2D eigenvalue weighted by molar-refractivity contribution is 7.92. The Morgan fingerprint density at radius 3 is 2.53 bits per heavy atom. The van der Waals surface area contributed by atoms with Gasteiger partial charge >= 0.3 is 11.7 Å². The van der Waals surface area contributed by atoms with Gasteiger partial charge in [0.25, 0.3) is 10.0 Å². The summed E-state index contributed by atoms with van der Waals surface area (Å²) in [5.41, 5.74) is 0.803. The Morgan fingerprint density at radius 1 is 1.11 bits per heavy atom. The SMILES string of the molecule is CCCCOC(=O)CN(c1ccc2c(-c3noc(=O)[nH]3)cccc2c1)S(=O)(=O)c1cc(Cl)cc(Cl)c1. The van der Waals surface area contributed by atoms with Gasteiger partial charge in [0, 0.05) is 15.6 Å². The first-order chi connectivity index (χ1) is 17.2. The second-order valence-electron chi connectivity index (χ2n) is 7.85. The van der Waals surface area contributed by atoms with Crippen LogP contribution in [0.5, 0.6) is 0 Å². The standard InChI is InChI=1S/C24H21Cl2N3O6S/c1-2-3-9-34-22(30)14-29(36(32,33)19-12-16(25)11-17(26)13-19)18-7-8-20-15(10-18)5-4-6-21(20)23-27-24(31)35-28-23/h4-8,10-13H,2-3,9,14H2,1H3,(H,27,28,31). The number of unbranched alkanes of at least 4 members (excludes halogenated alkanes) is 1. The average Bonchev–Trinajstić information content (AvgIpc) is 3.27. The number of esters is 1. The van der Waals surface area contributed by atoms with Crippen LogP contribution in [-0.4, -0.2) is 37.7 Å². The van der Waals surface area contributed by atoms with Crippen LogP contribution in [0, 0.1) is 0 Å². The molecule has 1 aromatic heterocycles. The number of halogens is 2. The van der Waals surface area contributed by atoms with Crippen molar-refractivity contribution in [3.8, 4) is 11.4 Å². The number of hydrogen-bond acceptors (Lipinski definition) is 7. The number of H-pyrrole nitrogens is 1. The molecule has 3 aromatic carbocycles. The second kappa shape index (κ2) is 10.7. The highest BCUT2D eigenvalue weighted by Gasteiger charge is 2.29. The van der Waals surface area contributed by atoms with Crippen molar-refractivity contribution in [2.45, 2.75) is 24.7 Å². The van der Waals surface area contributed by atoms with Crippen molar-refractivity contribution in [1.29, 1.82) is 0 Å². The number of hydrogen-bond donors (Lipinski definition) is 1. The number of sulfonamides is 1. The summed E-state index contributed by atoms with van der Waals surface area (Å²) in [4.78, 5) is 26.3. The van der Waals surface area contributed by atoms with Crippen LogP contribution in [-0.2, 0) is 19.6 Å². The van der Waals surface area contributed by atoms with Gasteiger partial charge in [-0.2, -0.15) is 0 Å². The van der Waals surface area contributed by atoms with Gasteiger partial charge in [-0.25, -0.2) is 13.2 Å². The minimum atomic E-state index is -4.26. The van der Waals surface area contributed by atoms with Crippen molar-refractivity contribution < 1.29 is 22.5 Å². The average molecular weight is 550 g/mol. The van der Waals surface area contributed by atoms with Crippen LogP contribution >= 0.6 is 23.2 Å². The molecule has 36 heavy (non-hydrogen) atoms. The number of carbonyl (C=O) groups excluding carboxylic acids is 1. The molecular formula is C24H21Cl2N3O6S. The lowest BCUT2D eigenvalue weighted by atomic mass is 10.0. The largest absolute Gasteiger partial charge is 0.464 e. The van der Waals surface area contributed by atoms with Crippen LogP contribution in [0.2, 0.25) is 10.0 Å². The lowest BCUT2D eigenvalue weighted by Crippen LogP contribution is -2.36. The quantitative estimate of drug-likeness (QED) is 0.229. The third-order valence-corrected chi connectivity index (χ3v) is 7.49. The summed E-state index contributed by atoms with van der Waals surface area (Å²) in [5.74, 6) is -1.16. The third kappa shape index (κ3) is 5.56. The molecule has 1 heterocycles. The van der Waals surface area contributed by atoms with E-state index in [9.17, 15) is 18.0 Å². The summed E-state index contributed by atoms with van der Waals surface area (Å²) < 4.78 is 38.1. The van der Waals surface area contributed by atoms with E-state index in [4.69, 9.17) is 27.9 Å². The Balaban J connectivity index is 1.80. The summed E-state index contributed by atoms with van der Waals surface area (Å²) in [6.07, 6.45) is 1.48. The van der Waals surface area contributed by atoms with E-state index in [2.05, 4.69) is 14.7 Å². The zero-order chi connectivity index (χ0) is 25.9. The van der Waals surface area contributed by atoms with E-state index in [1.165, 1.54) is 18.2 Å². The smallest absolute Gasteiger partial charge is 0.439 e. The molecule has 0 amide bonds. The number of anilines is 1. The summed E-state index contributed by atoms with van der Waals surface area (Å²) in [6.45, 7) is 1.58. The van der Waals surface area contributed by atoms with Crippen molar-refractivity contribution in [3.63, 3.8) is 0 Å². The molecule has 0 aliphatic heterocycles. The van der Waals surface area contributed by atoms with Gasteiger partial charge in [0.05, 0.1) is 17.2 Å². The van der Waals surface area contributed by atoms with Gasteiger partial charge in [-0.05, 0) is 47.5 Å². The van der Waals surface area contributed by atoms with Crippen molar-refractivity contribution in [2.24, 2.45) is 0 Å². The minimum absolute atomic E-state index is 0.135. The topological polar surface area (TPSA) is 123 Å². The first-order valence-electron chi connectivity index (χ1n) is 10.9. The molecule has 4 aromatic rings. The van der Waals surface area contributed by atoms with Crippen LogP contribution in [0.15, 0.2) is 68.8 Å². The molecule has 0 fully saturated rings. The molecule has 0 aliphatic carbocycles. The number of nitrogens with one attached hydrogen (secondary N) is 1. The second-order valence-corrected chi connectivity index (χ2v) is 10.6. The van der Waals surface area contributed by atoms with Crippen LogP contribution in [0.25, 0.3) is 22.2 Å². The number of carbonyl (C=O) groups is 1. The Hall–Kier alpha value is -3.34. The lowest BCUT2D eigenvalue weighted by Gasteiger charge is -2.24. The molecule has 12 heteroatoms. The van der Waals surface area contributed by atoms with Crippen LogP contribution < -0.4 is 10.1 Å². The molecule has 188 valence electrons.